The van der Waals surface area contributed by atoms with Crippen LogP contribution >= 0.6 is 23.2 Å². The van der Waals surface area contributed by atoms with Gasteiger partial charge in [-0.3, -0.25) is 4.90 Å². The van der Waals surface area contributed by atoms with Gasteiger partial charge in [0, 0.05) is 32.7 Å². The molecule has 1 aliphatic rings. The van der Waals surface area contributed by atoms with Gasteiger partial charge in [-0.1, -0.05) is 41.4 Å². The van der Waals surface area contributed by atoms with E-state index in [0.717, 1.165) is 30.8 Å². The maximum Gasteiger partial charge on any atom is 0.315 e. The summed E-state index contributed by atoms with van der Waals surface area (Å²) in [7, 11) is 0. The number of nitrogens with one attached hydrogen (secondary N) is 2. The first-order valence-corrected chi connectivity index (χ1v) is 10.1. The van der Waals surface area contributed by atoms with Gasteiger partial charge in [-0.2, -0.15) is 5.26 Å². The van der Waals surface area contributed by atoms with Crippen molar-refractivity contribution in [2.75, 3.05) is 26.2 Å². The van der Waals surface area contributed by atoms with Crippen LogP contribution in [-0.4, -0.2) is 43.3 Å². The topological polar surface area (TPSA) is 77.4 Å². The van der Waals surface area contributed by atoms with Crippen molar-refractivity contribution < 1.29 is 9.53 Å². The van der Waals surface area contributed by atoms with Gasteiger partial charge in [-0.25, -0.2) is 4.79 Å². The molecule has 1 aliphatic heterocycles. The third-order valence-electron chi connectivity index (χ3n) is 4.64. The van der Waals surface area contributed by atoms with Crippen LogP contribution in [0.3, 0.4) is 0 Å². The molecule has 2 N–H and O–H groups in total. The van der Waals surface area contributed by atoms with Crippen LogP contribution in [0.5, 0.6) is 0 Å². The van der Waals surface area contributed by atoms with Crippen LogP contribution in [0.2, 0.25) is 10.0 Å². The first-order valence-electron chi connectivity index (χ1n) is 9.32. The third-order valence-corrected chi connectivity index (χ3v) is 5.38. The number of morpholine rings is 1. The molecule has 6 nitrogen and oxygen atoms in total. The molecule has 0 aliphatic carbocycles. The van der Waals surface area contributed by atoms with Crippen LogP contribution in [0.15, 0.2) is 42.5 Å². The highest BCUT2D eigenvalue weighted by molar-refractivity contribution is 6.42. The van der Waals surface area contributed by atoms with Gasteiger partial charge in [0.2, 0.25) is 0 Å². The number of hydrogen-bond acceptors (Lipinski definition) is 4. The Morgan fingerprint density at radius 3 is 2.62 bits per heavy atom. The zero-order valence-electron chi connectivity index (χ0n) is 15.8. The number of hydrogen-bond donors (Lipinski definition) is 2. The van der Waals surface area contributed by atoms with Gasteiger partial charge in [0.05, 0.1) is 34.4 Å². The fraction of sp³-hybridized carbons (Fsp3) is 0.333. The number of nitrogens with zero attached hydrogens (tertiary/aromatic N) is 2. The van der Waals surface area contributed by atoms with Crippen molar-refractivity contribution in [3.8, 4) is 6.07 Å². The highest BCUT2D eigenvalue weighted by Gasteiger charge is 2.21. The quantitative estimate of drug-likeness (QED) is 0.731. The molecule has 0 bridgehead atoms. The van der Waals surface area contributed by atoms with Crippen LogP contribution < -0.4 is 10.6 Å². The van der Waals surface area contributed by atoms with E-state index < -0.39 is 0 Å². The van der Waals surface area contributed by atoms with Crippen molar-refractivity contribution in [1.82, 2.24) is 15.5 Å². The monoisotopic (exact) mass is 432 g/mol. The minimum Gasteiger partial charge on any atom is -0.374 e. The summed E-state index contributed by atoms with van der Waals surface area (Å²) >= 11 is 12.1. The largest absolute Gasteiger partial charge is 0.374 e. The fourth-order valence-corrected chi connectivity index (χ4v) is 3.41. The van der Waals surface area contributed by atoms with Crippen molar-refractivity contribution >= 4 is 29.2 Å². The molecule has 2 amide bonds. The Labute approximate surface area is 180 Å². The second-order valence-electron chi connectivity index (χ2n) is 6.85. The van der Waals surface area contributed by atoms with E-state index in [2.05, 4.69) is 21.6 Å². The van der Waals surface area contributed by atoms with Crippen molar-refractivity contribution in [1.29, 1.82) is 5.26 Å². The van der Waals surface area contributed by atoms with E-state index in [1.807, 2.05) is 24.3 Å². The van der Waals surface area contributed by atoms with E-state index in [9.17, 15) is 4.79 Å². The summed E-state index contributed by atoms with van der Waals surface area (Å²) in [6.45, 7) is 3.73. The number of halogens is 2. The van der Waals surface area contributed by atoms with Crippen LogP contribution in [0.25, 0.3) is 0 Å². The molecule has 0 radical (unpaired) electrons. The van der Waals surface area contributed by atoms with Crippen molar-refractivity contribution in [3.05, 3.63) is 69.2 Å². The number of rotatable bonds is 6. The molecule has 8 heteroatoms. The lowest BCUT2D eigenvalue weighted by Gasteiger charge is -2.33. The maximum atomic E-state index is 12.1. The van der Waals surface area contributed by atoms with E-state index in [-0.39, 0.29) is 12.1 Å². The lowest BCUT2D eigenvalue weighted by atomic mass is 10.1. The van der Waals surface area contributed by atoms with E-state index >= 15 is 0 Å². The number of carbonyl (C=O) groups is 1. The Bertz CT molecular complexity index is 883. The van der Waals surface area contributed by atoms with Gasteiger partial charge in [0.15, 0.2) is 0 Å². The number of ether oxygens (including phenoxy) is 1. The Balaban J connectivity index is 1.40. The minimum atomic E-state index is -0.250. The lowest BCUT2D eigenvalue weighted by Crippen LogP contribution is -2.48. The zero-order valence-corrected chi connectivity index (χ0v) is 17.3. The number of benzene rings is 2. The lowest BCUT2D eigenvalue weighted by molar-refractivity contribution is -0.0287. The Morgan fingerprint density at radius 2 is 1.90 bits per heavy atom. The number of carbonyl (C=O) groups excluding carboxylic acids is 1. The fourth-order valence-electron chi connectivity index (χ4n) is 3.09. The summed E-state index contributed by atoms with van der Waals surface area (Å²) < 4.78 is 5.77. The van der Waals surface area contributed by atoms with E-state index in [4.69, 9.17) is 33.2 Å². The summed E-state index contributed by atoms with van der Waals surface area (Å²) in [6, 6.07) is 14.6. The Morgan fingerprint density at radius 1 is 1.14 bits per heavy atom. The molecular formula is C21H22Cl2N4O2. The van der Waals surface area contributed by atoms with E-state index in [1.165, 1.54) is 0 Å². The van der Waals surface area contributed by atoms with Crippen LogP contribution in [0, 0.1) is 11.3 Å². The van der Waals surface area contributed by atoms with Crippen LogP contribution in [0.1, 0.15) is 16.7 Å². The molecule has 1 saturated heterocycles. The normalized spacial score (nSPS) is 16.8. The number of nitriles is 1. The van der Waals surface area contributed by atoms with Gasteiger partial charge in [-0.05, 0) is 35.4 Å². The van der Waals surface area contributed by atoms with Crippen molar-refractivity contribution in [2.45, 2.75) is 19.2 Å². The molecule has 1 fully saturated rings. The van der Waals surface area contributed by atoms with Crippen molar-refractivity contribution in [3.63, 3.8) is 0 Å². The predicted octanol–water partition coefficient (Wildman–Crippen LogP) is 3.57. The molecule has 0 saturated carbocycles. The van der Waals surface area contributed by atoms with E-state index in [1.54, 1.807) is 18.2 Å². The predicted molar refractivity (Wildman–Crippen MR) is 113 cm³/mol. The molecule has 2 aromatic carbocycles. The summed E-state index contributed by atoms with van der Waals surface area (Å²) in [5.41, 5.74) is 2.62. The third kappa shape index (κ3) is 6.62. The average molecular weight is 433 g/mol. The first-order chi connectivity index (χ1) is 14.0. The van der Waals surface area contributed by atoms with Crippen LogP contribution in [-0.2, 0) is 17.8 Å². The highest BCUT2D eigenvalue weighted by Crippen LogP contribution is 2.23. The molecule has 29 heavy (non-hydrogen) atoms. The number of urea groups is 1. The van der Waals surface area contributed by atoms with Gasteiger partial charge in [0.1, 0.15) is 0 Å². The maximum absolute atomic E-state index is 12.1. The van der Waals surface area contributed by atoms with Gasteiger partial charge >= 0.3 is 6.03 Å². The molecule has 2 aromatic rings. The van der Waals surface area contributed by atoms with E-state index in [0.29, 0.717) is 35.3 Å². The highest BCUT2D eigenvalue weighted by atomic mass is 35.5. The molecular weight excluding hydrogens is 411 g/mol. The van der Waals surface area contributed by atoms with Gasteiger partial charge in [0.25, 0.3) is 0 Å². The first kappa shape index (κ1) is 21.4. The Kier molecular flexibility index (Phi) is 7.73. The summed E-state index contributed by atoms with van der Waals surface area (Å²) in [6.07, 6.45) is -0.0767. The molecule has 1 heterocycles. The minimum absolute atomic E-state index is 0.0767. The van der Waals surface area contributed by atoms with Crippen LogP contribution in [0.4, 0.5) is 4.79 Å². The summed E-state index contributed by atoms with van der Waals surface area (Å²) in [4.78, 5) is 14.3. The summed E-state index contributed by atoms with van der Waals surface area (Å²) in [5.74, 6) is 0. The van der Waals surface area contributed by atoms with Gasteiger partial charge < -0.3 is 15.4 Å². The molecule has 0 aromatic heterocycles. The van der Waals surface area contributed by atoms with Crippen molar-refractivity contribution in [2.24, 2.45) is 0 Å². The second kappa shape index (κ2) is 10.5. The molecule has 152 valence electrons. The number of amides is 2. The molecule has 0 spiro atoms. The smallest absolute Gasteiger partial charge is 0.315 e. The molecule has 1 unspecified atom stereocenters. The van der Waals surface area contributed by atoms with Gasteiger partial charge in [-0.15, -0.1) is 0 Å². The SMILES string of the molecule is N#Cc1ccc(CNC(=O)NCC2CN(Cc3ccc(Cl)c(Cl)c3)CCO2)cc1. The average Bonchev–Trinajstić information content (AvgIpc) is 2.74. The summed E-state index contributed by atoms with van der Waals surface area (Å²) in [5, 5.41) is 15.6. The molecule has 1 atom stereocenters. The Hall–Kier alpha value is -2.30. The standard InChI is InChI=1S/C21H22Cl2N4O2/c22-19-6-5-17(9-20(19)23)13-27-7-8-29-18(14-27)12-26-21(28)25-11-16-3-1-15(10-24)2-4-16/h1-6,9,18H,7-8,11-14H2,(H2,25,26,28). The molecule has 3 rings (SSSR count). The second-order valence-corrected chi connectivity index (χ2v) is 7.66. The zero-order chi connectivity index (χ0) is 20.6.